The number of ether oxygens (including phenoxy) is 2. The lowest BCUT2D eigenvalue weighted by Crippen LogP contribution is -2.23. The van der Waals surface area contributed by atoms with E-state index in [9.17, 15) is 0 Å². The van der Waals surface area contributed by atoms with E-state index in [-0.39, 0.29) is 11.7 Å². The van der Waals surface area contributed by atoms with E-state index < -0.39 is 0 Å². The molecule has 0 amide bonds. The van der Waals surface area contributed by atoms with Crippen LogP contribution in [0.15, 0.2) is 6.07 Å². The van der Waals surface area contributed by atoms with E-state index in [1.54, 1.807) is 0 Å². The zero-order valence-corrected chi connectivity index (χ0v) is 11.7. The summed E-state index contributed by atoms with van der Waals surface area (Å²) in [6.07, 6.45) is 4.26. The topological polar surface area (TPSA) is 47.1 Å². The van der Waals surface area contributed by atoms with Crippen molar-refractivity contribution in [2.75, 3.05) is 13.2 Å². The summed E-state index contributed by atoms with van der Waals surface area (Å²) >= 11 is 0. The molecular formula is C14H24N2O2. The smallest absolute Gasteiger partial charge is 0.157 e. The number of aromatic amines is 1. The molecule has 102 valence electrons. The predicted molar refractivity (Wildman–Crippen MR) is 70.5 cm³/mol. The van der Waals surface area contributed by atoms with Crippen LogP contribution in [-0.4, -0.2) is 29.7 Å². The van der Waals surface area contributed by atoms with Crippen molar-refractivity contribution in [1.82, 2.24) is 10.2 Å². The van der Waals surface area contributed by atoms with Crippen molar-refractivity contribution < 1.29 is 9.47 Å². The molecular weight excluding hydrogens is 228 g/mol. The van der Waals surface area contributed by atoms with Crippen molar-refractivity contribution in [3.8, 4) is 0 Å². The van der Waals surface area contributed by atoms with Crippen LogP contribution in [0.1, 0.15) is 51.4 Å². The van der Waals surface area contributed by atoms with E-state index in [2.05, 4.69) is 37.0 Å². The van der Waals surface area contributed by atoms with Crippen molar-refractivity contribution in [3.63, 3.8) is 0 Å². The Balaban J connectivity index is 1.74. The van der Waals surface area contributed by atoms with E-state index in [0.717, 1.165) is 37.3 Å². The number of H-pyrrole nitrogens is 1. The summed E-state index contributed by atoms with van der Waals surface area (Å²) in [7, 11) is 0. The number of aromatic nitrogens is 2. The van der Waals surface area contributed by atoms with Gasteiger partial charge in [0, 0.05) is 24.1 Å². The van der Waals surface area contributed by atoms with E-state index in [4.69, 9.17) is 9.47 Å². The third kappa shape index (κ3) is 3.82. The second-order valence-electron chi connectivity index (χ2n) is 5.95. The van der Waals surface area contributed by atoms with Crippen LogP contribution in [0.5, 0.6) is 0 Å². The third-order valence-corrected chi connectivity index (χ3v) is 3.21. The average molecular weight is 252 g/mol. The fourth-order valence-corrected chi connectivity index (χ4v) is 2.02. The van der Waals surface area contributed by atoms with Gasteiger partial charge >= 0.3 is 0 Å². The minimum absolute atomic E-state index is 0.00348. The molecule has 1 aliphatic heterocycles. The summed E-state index contributed by atoms with van der Waals surface area (Å²) < 4.78 is 11.2. The lowest BCUT2D eigenvalue weighted by atomic mass is 9.92. The molecule has 1 N–H and O–H groups in total. The maximum atomic E-state index is 5.71. The minimum atomic E-state index is 0.00348. The highest BCUT2D eigenvalue weighted by atomic mass is 16.7. The summed E-state index contributed by atoms with van der Waals surface area (Å²) in [5, 5.41) is 7.42. The molecule has 1 aliphatic rings. The van der Waals surface area contributed by atoms with Gasteiger partial charge in [-0.25, -0.2) is 0 Å². The molecule has 2 rings (SSSR count). The quantitative estimate of drug-likeness (QED) is 0.896. The molecule has 0 aliphatic carbocycles. The molecule has 1 unspecified atom stereocenters. The van der Waals surface area contributed by atoms with Gasteiger partial charge in [-0.1, -0.05) is 20.8 Å². The molecule has 18 heavy (non-hydrogen) atoms. The monoisotopic (exact) mass is 252 g/mol. The first-order valence-electron chi connectivity index (χ1n) is 6.84. The van der Waals surface area contributed by atoms with Crippen molar-refractivity contribution in [2.45, 2.75) is 58.2 Å². The Labute approximate surface area is 109 Å². The van der Waals surface area contributed by atoms with Gasteiger partial charge < -0.3 is 9.47 Å². The summed E-state index contributed by atoms with van der Waals surface area (Å²) in [4.78, 5) is 0. The van der Waals surface area contributed by atoms with E-state index in [1.807, 2.05) is 0 Å². The Hall–Kier alpha value is -0.870. The summed E-state index contributed by atoms with van der Waals surface area (Å²) in [6.45, 7) is 8.03. The number of nitrogens with one attached hydrogen (secondary N) is 1. The Kier molecular flexibility index (Phi) is 4.40. The first-order chi connectivity index (χ1) is 8.55. The molecule has 1 fully saturated rings. The van der Waals surface area contributed by atoms with Gasteiger partial charge in [0.2, 0.25) is 0 Å². The van der Waals surface area contributed by atoms with Crippen LogP contribution in [-0.2, 0) is 21.3 Å². The second-order valence-corrected chi connectivity index (χ2v) is 5.95. The molecule has 0 radical (unpaired) electrons. The van der Waals surface area contributed by atoms with Gasteiger partial charge in [0.25, 0.3) is 0 Å². The van der Waals surface area contributed by atoms with Crippen molar-refractivity contribution in [2.24, 2.45) is 0 Å². The number of hydrogen-bond donors (Lipinski definition) is 1. The molecule has 1 atom stereocenters. The molecule has 0 bridgehead atoms. The van der Waals surface area contributed by atoms with Gasteiger partial charge in [-0.05, 0) is 25.3 Å². The Morgan fingerprint density at radius 3 is 2.89 bits per heavy atom. The van der Waals surface area contributed by atoms with Crippen molar-refractivity contribution in [1.29, 1.82) is 0 Å². The number of rotatable bonds is 4. The fraction of sp³-hybridized carbons (Fsp3) is 0.786. The van der Waals surface area contributed by atoms with Crippen LogP contribution < -0.4 is 0 Å². The standard InChI is InChI=1S/C14H24N2O2/c1-14(2,3)12-10-11(15-16-12)7-9-18-13-6-4-5-8-17-13/h10,13H,4-9H2,1-3H3,(H,15,16). The molecule has 0 aromatic carbocycles. The molecule has 0 spiro atoms. The van der Waals surface area contributed by atoms with Crippen LogP contribution in [0.25, 0.3) is 0 Å². The van der Waals surface area contributed by atoms with E-state index in [1.165, 1.54) is 6.42 Å². The number of hydrogen-bond acceptors (Lipinski definition) is 3. The molecule has 0 saturated carbocycles. The maximum Gasteiger partial charge on any atom is 0.157 e. The minimum Gasteiger partial charge on any atom is -0.353 e. The Morgan fingerprint density at radius 2 is 2.28 bits per heavy atom. The van der Waals surface area contributed by atoms with Crippen molar-refractivity contribution >= 4 is 0 Å². The van der Waals surface area contributed by atoms with Crippen LogP contribution in [0.4, 0.5) is 0 Å². The van der Waals surface area contributed by atoms with Gasteiger partial charge in [0.1, 0.15) is 0 Å². The lowest BCUT2D eigenvalue weighted by Gasteiger charge is -2.22. The van der Waals surface area contributed by atoms with Crippen LogP contribution in [0, 0.1) is 0 Å². The Bertz CT molecular complexity index is 362. The molecule has 1 aromatic heterocycles. The third-order valence-electron chi connectivity index (χ3n) is 3.21. The normalized spacial score (nSPS) is 21.2. The molecule has 4 nitrogen and oxygen atoms in total. The highest BCUT2D eigenvalue weighted by molar-refractivity contribution is 5.16. The lowest BCUT2D eigenvalue weighted by molar-refractivity contribution is -0.161. The van der Waals surface area contributed by atoms with Crippen molar-refractivity contribution in [3.05, 3.63) is 17.5 Å². The summed E-state index contributed by atoms with van der Waals surface area (Å²) in [6, 6.07) is 2.13. The summed E-state index contributed by atoms with van der Waals surface area (Å²) in [5.74, 6) is 0. The zero-order chi connectivity index (χ0) is 13.0. The fourth-order valence-electron chi connectivity index (χ4n) is 2.02. The highest BCUT2D eigenvalue weighted by Gasteiger charge is 2.18. The van der Waals surface area contributed by atoms with Gasteiger partial charge in [0.15, 0.2) is 6.29 Å². The van der Waals surface area contributed by atoms with Crippen LogP contribution in [0.2, 0.25) is 0 Å². The first-order valence-corrected chi connectivity index (χ1v) is 6.84. The predicted octanol–water partition coefficient (Wildman–Crippen LogP) is 2.79. The van der Waals surface area contributed by atoms with Gasteiger partial charge in [-0.3, -0.25) is 5.10 Å². The molecule has 1 aromatic rings. The Morgan fingerprint density at radius 1 is 1.44 bits per heavy atom. The van der Waals surface area contributed by atoms with Gasteiger partial charge in [-0.2, -0.15) is 5.10 Å². The van der Waals surface area contributed by atoms with Crippen LogP contribution in [0.3, 0.4) is 0 Å². The molecule has 2 heterocycles. The maximum absolute atomic E-state index is 5.71. The summed E-state index contributed by atoms with van der Waals surface area (Å²) in [5.41, 5.74) is 2.34. The average Bonchev–Trinajstić information content (AvgIpc) is 2.79. The largest absolute Gasteiger partial charge is 0.353 e. The van der Waals surface area contributed by atoms with Gasteiger partial charge in [-0.15, -0.1) is 0 Å². The van der Waals surface area contributed by atoms with Crippen LogP contribution >= 0.6 is 0 Å². The van der Waals surface area contributed by atoms with Gasteiger partial charge in [0.05, 0.1) is 12.3 Å². The number of nitrogens with zero attached hydrogens (tertiary/aromatic N) is 1. The van der Waals surface area contributed by atoms with E-state index in [0.29, 0.717) is 6.61 Å². The van der Waals surface area contributed by atoms with E-state index >= 15 is 0 Å². The highest BCUT2D eigenvalue weighted by Crippen LogP contribution is 2.20. The SMILES string of the molecule is CC(C)(C)c1cc(CCOC2CCCCO2)[nH]n1. The molecule has 1 saturated heterocycles. The molecule has 4 heteroatoms. The second kappa shape index (κ2) is 5.85. The first kappa shape index (κ1) is 13.6. The zero-order valence-electron chi connectivity index (χ0n) is 11.7.